The molecule has 184 valence electrons. The lowest BCUT2D eigenvalue weighted by Gasteiger charge is -2.25. The number of fused-ring (bicyclic) bond motifs is 4. The lowest BCUT2D eigenvalue weighted by atomic mass is 9.79. The average molecular weight is 465 g/mol. The van der Waals surface area contributed by atoms with Crippen LogP contribution in [0.15, 0.2) is 54.6 Å². The van der Waals surface area contributed by atoms with Gasteiger partial charge < -0.3 is 0 Å². The largest absolute Gasteiger partial charge is 0.0646 e. The minimum Gasteiger partial charge on any atom is -0.0646 e. The molecular formula is C35H44. The first-order chi connectivity index (χ1) is 16.7. The molecule has 0 aliphatic heterocycles. The van der Waals surface area contributed by atoms with Crippen LogP contribution in [0.25, 0.3) is 11.1 Å². The Morgan fingerprint density at radius 2 is 1.34 bits per heavy atom. The first kappa shape index (κ1) is 24.4. The van der Waals surface area contributed by atoms with Crippen molar-refractivity contribution in [3.8, 4) is 11.1 Å². The maximum atomic E-state index is 2.56. The molecule has 0 N–H and O–H groups in total. The highest BCUT2D eigenvalue weighted by Gasteiger charge is 2.31. The number of benzene rings is 3. The van der Waals surface area contributed by atoms with E-state index in [-0.39, 0.29) is 10.8 Å². The van der Waals surface area contributed by atoms with Crippen LogP contribution in [0.2, 0.25) is 0 Å². The van der Waals surface area contributed by atoms with Crippen molar-refractivity contribution in [1.29, 1.82) is 0 Å². The third kappa shape index (κ3) is 4.74. The summed E-state index contributed by atoms with van der Waals surface area (Å²) < 4.78 is 0. The second-order valence-electron chi connectivity index (χ2n) is 12.8. The SMILES string of the molecule is CCC(C)(C)c1ccc2c(c1)C(CCCCCc1ccc3c(c1)CC3)c1cc(C(C)(C)C)ccc1-2. The minimum atomic E-state index is 0.181. The van der Waals surface area contributed by atoms with Crippen molar-refractivity contribution >= 4 is 0 Å². The van der Waals surface area contributed by atoms with Crippen molar-refractivity contribution < 1.29 is 0 Å². The quantitative estimate of drug-likeness (QED) is 0.291. The van der Waals surface area contributed by atoms with Gasteiger partial charge in [-0.15, -0.1) is 0 Å². The molecule has 0 amide bonds. The highest BCUT2D eigenvalue weighted by atomic mass is 14.4. The van der Waals surface area contributed by atoms with Crippen LogP contribution in [0.4, 0.5) is 0 Å². The van der Waals surface area contributed by atoms with E-state index < -0.39 is 0 Å². The van der Waals surface area contributed by atoms with Gasteiger partial charge in [0.25, 0.3) is 0 Å². The fourth-order valence-corrected chi connectivity index (χ4v) is 6.02. The standard InChI is InChI=1S/C35H44/c1-7-35(5,6)28-18-20-31-30-19-17-27(34(2,3)4)22-32(30)29(33(31)23-28)12-10-8-9-11-24-13-14-25-15-16-26(25)21-24/h13-14,17-23,29H,7-12,15-16H2,1-6H3. The van der Waals surface area contributed by atoms with Gasteiger partial charge in [-0.25, -0.2) is 0 Å². The molecule has 2 aliphatic carbocycles. The lowest BCUT2D eigenvalue weighted by molar-refractivity contribution is 0.505. The Morgan fingerprint density at radius 1 is 0.686 bits per heavy atom. The van der Waals surface area contributed by atoms with Crippen LogP contribution in [0, 0.1) is 0 Å². The fraction of sp³-hybridized carbons (Fsp3) is 0.486. The van der Waals surface area contributed by atoms with E-state index in [0.29, 0.717) is 5.92 Å². The molecule has 0 radical (unpaired) electrons. The molecule has 0 saturated heterocycles. The summed E-state index contributed by atoms with van der Waals surface area (Å²) in [7, 11) is 0. The maximum Gasteiger partial charge on any atom is 0.0102 e. The summed E-state index contributed by atoms with van der Waals surface area (Å²) in [5.41, 5.74) is 14.2. The number of hydrogen-bond acceptors (Lipinski definition) is 0. The summed E-state index contributed by atoms with van der Waals surface area (Å²) in [6, 6.07) is 21.9. The van der Waals surface area contributed by atoms with Gasteiger partial charge in [0.1, 0.15) is 0 Å². The monoisotopic (exact) mass is 464 g/mol. The molecule has 0 heterocycles. The lowest BCUT2D eigenvalue weighted by Crippen LogP contribution is -2.15. The zero-order valence-electron chi connectivity index (χ0n) is 22.9. The summed E-state index contributed by atoms with van der Waals surface area (Å²) in [5, 5.41) is 0. The van der Waals surface area contributed by atoms with Crippen LogP contribution in [0.5, 0.6) is 0 Å². The third-order valence-electron chi connectivity index (χ3n) is 9.07. The molecule has 2 aliphatic rings. The van der Waals surface area contributed by atoms with E-state index >= 15 is 0 Å². The summed E-state index contributed by atoms with van der Waals surface area (Å²) in [5.74, 6) is 0.534. The molecule has 1 unspecified atom stereocenters. The molecule has 3 aromatic carbocycles. The van der Waals surface area contributed by atoms with E-state index in [1.807, 2.05) is 0 Å². The van der Waals surface area contributed by atoms with Gasteiger partial charge in [0, 0.05) is 5.92 Å². The summed E-state index contributed by atoms with van der Waals surface area (Å²) in [6.07, 6.45) is 10.1. The van der Waals surface area contributed by atoms with Crippen molar-refractivity contribution in [1.82, 2.24) is 0 Å². The highest BCUT2D eigenvalue weighted by Crippen LogP contribution is 2.49. The minimum absolute atomic E-state index is 0.181. The molecule has 35 heavy (non-hydrogen) atoms. The van der Waals surface area contributed by atoms with Crippen molar-refractivity contribution in [3.63, 3.8) is 0 Å². The molecule has 0 fully saturated rings. The zero-order chi connectivity index (χ0) is 24.8. The van der Waals surface area contributed by atoms with Crippen LogP contribution >= 0.6 is 0 Å². The smallest absolute Gasteiger partial charge is 0.0102 e. The Labute approximate surface area is 214 Å². The Hall–Kier alpha value is -2.34. The van der Waals surface area contributed by atoms with Gasteiger partial charge in [0.15, 0.2) is 0 Å². The Bertz CT molecular complexity index is 1220. The second kappa shape index (κ2) is 9.27. The number of aryl methyl sites for hydroxylation is 3. The Morgan fingerprint density at radius 3 is 1.94 bits per heavy atom. The predicted octanol–water partition coefficient (Wildman–Crippen LogP) is 9.69. The Kier molecular flexibility index (Phi) is 6.45. The van der Waals surface area contributed by atoms with Crippen LogP contribution in [-0.4, -0.2) is 0 Å². The third-order valence-corrected chi connectivity index (χ3v) is 9.07. The highest BCUT2D eigenvalue weighted by molar-refractivity contribution is 5.79. The van der Waals surface area contributed by atoms with E-state index in [2.05, 4.69) is 96.1 Å². The van der Waals surface area contributed by atoms with Crippen molar-refractivity contribution in [3.05, 3.63) is 93.5 Å². The summed E-state index contributed by atoms with van der Waals surface area (Å²) in [4.78, 5) is 0. The molecule has 0 saturated carbocycles. The Balaban J connectivity index is 1.35. The fourth-order valence-electron chi connectivity index (χ4n) is 6.02. The molecule has 0 bridgehead atoms. The van der Waals surface area contributed by atoms with E-state index in [1.54, 1.807) is 27.8 Å². The van der Waals surface area contributed by atoms with E-state index in [9.17, 15) is 0 Å². The van der Waals surface area contributed by atoms with E-state index in [4.69, 9.17) is 0 Å². The number of hydrogen-bond donors (Lipinski definition) is 0. The van der Waals surface area contributed by atoms with Gasteiger partial charge in [-0.3, -0.25) is 0 Å². The molecule has 5 rings (SSSR count). The first-order valence-corrected chi connectivity index (χ1v) is 14.1. The van der Waals surface area contributed by atoms with Gasteiger partial charge in [-0.2, -0.15) is 0 Å². The maximum absolute atomic E-state index is 2.56. The molecule has 3 aromatic rings. The van der Waals surface area contributed by atoms with Gasteiger partial charge in [0.05, 0.1) is 0 Å². The molecule has 1 atom stereocenters. The van der Waals surface area contributed by atoms with Gasteiger partial charge in [-0.1, -0.05) is 109 Å². The molecular weight excluding hydrogens is 420 g/mol. The van der Waals surface area contributed by atoms with Crippen LogP contribution in [0.3, 0.4) is 0 Å². The number of unbranched alkanes of at least 4 members (excludes halogenated alkanes) is 2. The summed E-state index contributed by atoms with van der Waals surface area (Å²) in [6.45, 7) is 14.1. The van der Waals surface area contributed by atoms with Crippen LogP contribution in [-0.2, 0) is 30.1 Å². The first-order valence-electron chi connectivity index (χ1n) is 14.1. The molecule has 0 aromatic heterocycles. The van der Waals surface area contributed by atoms with Gasteiger partial charge >= 0.3 is 0 Å². The zero-order valence-corrected chi connectivity index (χ0v) is 22.9. The van der Waals surface area contributed by atoms with Crippen molar-refractivity contribution in [2.45, 2.75) is 110 Å². The number of rotatable bonds is 8. The van der Waals surface area contributed by atoms with E-state index in [0.717, 1.165) is 0 Å². The summed E-state index contributed by atoms with van der Waals surface area (Å²) >= 11 is 0. The van der Waals surface area contributed by atoms with Crippen LogP contribution in [0.1, 0.15) is 119 Å². The van der Waals surface area contributed by atoms with E-state index in [1.165, 1.54) is 73.6 Å². The van der Waals surface area contributed by atoms with Crippen LogP contribution < -0.4 is 0 Å². The molecule has 0 nitrogen and oxygen atoms in total. The molecule has 0 heteroatoms. The average Bonchev–Trinajstić information content (AvgIpc) is 3.12. The predicted molar refractivity (Wildman–Crippen MR) is 152 cm³/mol. The van der Waals surface area contributed by atoms with Crippen molar-refractivity contribution in [2.24, 2.45) is 0 Å². The topological polar surface area (TPSA) is 0 Å². The second-order valence-corrected chi connectivity index (χ2v) is 12.8. The molecule has 0 spiro atoms. The normalized spacial score (nSPS) is 16.5. The van der Waals surface area contributed by atoms with Gasteiger partial charge in [-0.05, 0) is 99.4 Å². The van der Waals surface area contributed by atoms with Crippen molar-refractivity contribution in [2.75, 3.05) is 0 Å². The van der Waals surface area contributed by atoms with Gasteiger partial charge in [0.2, 0.25) is 0 Å².